The van der Waals surface area contributed by atoms with Crippen LogP contribution in [0.25, 0.3) is 16.9 Å². The molecule has 3 aromatic heterocycles. The molecule has 3 aromatic rings. The minimum atomic E-state index is -2.53. The number of aromatic nitrogens is 5. The Morgan fingerprint density at radius 3 is 2.72 bits per heavy atom. The second kappa shape index (κ2) is 6.61. The zero-order chi connectivity index (χ0) is 18.2. The molecule has 0 amide bonds. The van der Waals surface area contributed by atoms with Crippen LogP contribution in [0.2, 0.25) is 0 Å². The quantitative estimate of drug-likeness (QED) is 0.294. The van der Waals surface area contributed by atoms with Crippen molar-refractivity contribution in [3.63, 3.8) is 0 Å². The highest BCUT2D eigenvalue weighted by Gasteiger charge is 2.19. The van der Waals surface area contributed by atoms with Gasteiger partial charge in [0.05, 0.1) is 6.54 Å². The Kier molecular flexibility index (Phi) is 4.67. The molecule has 0 N–H and O–H groups in total. The van der Waals surface area contributed by atoms with Crippen LogP contribution in [0.3, 0.4) is 0 Å². The summed E-state index contributed by atoms with van der Waals surface area (Å²) in [6, 6.07) is 5.27. The Morgan fingerprint density at radius 1 is 1.32 bits per heavy atom. The van der Waals surface area contributed by atoms with Gasteiger partial charge in [-0.05, 0) is 31.7 Å². The van der Waals surface area contributed by atoms with E-state index >= 15 is 0 Å². The Bertz CT molecular complexity index is 1070. The molecule has 3 heterocycles. The lowest BCUT2D eigenvalue weighted by molar-refractivity contribution is 0.586. The van der Waals surface area contributed by atoms with Crippen LogP contribution in [0.5, 0.6) is 0 Å². The van der Waals surface area contributed by atoms with E-state index in [0.717, 1.165) is 0 Å². The van der Waals surface area contributed by atoms with Crippen molar-refractivity contribution in [3.8, 4) is 5.82 Å². The molecule has 0 aromatic carbocycles. The fraction of sp³-hybridized carbons (Fsp3) is 0.250. The maximum Gasteiger partial charge on any atom is 0.278 e. The van der Waals surface area contributed by atoms with E-state index in [1.165, 1.54) is 22.6 Å². The molecular weight excluding hydrogens is 357 g/mol. The summed E-state index contributed by atoms with van der Waals surface area (Å²) in [6.45, 7) is 7.34. The molecule has 7 nitrogen and oxygen atoms in total. The first-order valence-electron chi connectivity index (χ1n) is 7.53. The van der Waals surface area contributed by atoms with E-state index in [9.17, 15) is 9.36 Å². The summed E-state index contributed by atoms with van der Waals surface area (Å²) in [5.74, 6) is 0.487. The molecule has 0 atom stereocenters. The van der Waals surface area contributed by atoms with E-state index in [1.807, 2.05) is 6.26 Å². The number of allylic oxidation sites excluding steroid dienone is 1. The van der Waals surface area contributed by atoms with Gasteiger partial charge in [0.2, 0.25) is 0 Å². The van der Waals surface area contributed by atoms with Gasteiger partial charge in [-0.3, -0.25) is 4.79 Å². The van der Waals surface area contributed by atoms with Gasteiger partial charge in [0, 0.05) is 6.20 Å². The van der Waals surface area contributed by atoms with Crippen molar-refractivity contribution in [3.05, 3.63) is 47.4 Å². The van der Waals surface area contributed by atoms with Gasteiger partial charge in [0.1, 0.15) is 18.0 Å². The molecule has 0 radical (unpaired) electrons. The van der Waals surface area contributed by atoms with Crippen LogP contribution in [0.15, 0.2) is 47.0 Å². The van der Waals surface area contributed by atoms with Crippen LogP contribution in [0, 0.1) is 0 Å². The summed E-state index contributed by atoms with van der Waals surface area (Å²) in [6.07, 6.45) is 5.03. The number of nitrogens with zero attached hydrogens (tertiary/aromatic N) is 5. The fourth-order valence-corrected chi connectivity index (χ4v) is 3.59. The molecule has 3 rings (SSSR count). The molecule has 0 saturated heterocycles. The minimum absolute atomic E-state index is 0.217. The molecule has 25 heavy (non-hydrogen) atoms. The van der Waals surface area contributed by atoms with Crippen molar-refractivity contribution in [2.24, 2.45) is 0 Å². The third-order valence-electron chi connectivity index (χ3n) is 3.63. The fourth-order valence-electron chi connectivity index (χ4n) is 2.46. The molecule has 0 unspecified atom stereocenters. The van der Waals surface area contributed by atoms with E-state index < -0.39 is 7.14 Å². The summed E-state index contributed by atoms with van der Waals surface area (Å²) >= 11 is 1.39. The third kappa shape index (κ3) is 3.19. The second-order valence-electron chi connectivity index (χ2n) is 5.79. The molecule has 0 fully saturated rings. The monoisotopic (exact) mass is 375 g/mol. The summed E-state index contributed by atoms with van der Waals surface area (Å²) in [5, 5.41) is 0.966. The zero-order valence-electron chi connectivity index (χ0n) is 14.2. The molecule has 0 bridgehead atoms. The van der Waals surface area contributed by atoms with Gasteiger partial charge in [-0.1, -0.05) is 23.9 Å². The van der Waals surface area contributed by atoms with Crippen LogP contribution in [0.4, 0.5) is 0 Å². The number of hydrogen-bond acceptors (Lipinski definition) is 6. The number of fused-ring (bicyclic) bond motifs is 1. The van der Waals surface area contributed by atoms with E-state index in [1.54, 1.807) is 42.3 Å². The highest BCUT2D eigenvalue weighted by Crippen LogP contribution is 2.33. The van der Waals surface area contributed by atoms with Gasteiger partial charge in [0.25, 0.3) is 5.56 Å². The summed E-state index contributed by atoms with van der Waals surface area (Å²) in [7, 11) is -2.53. The molecule has 9 heteroatoms. The van der Waals surface area contributed by atoms with Gasteiger partial charge < -0.3 is 4.57 Å². The van der Waals surface area contributed by atoms with E-state index in [0.29, 0.717) is 34.0 Å². The van der Waals surface area contributed by atoms with Crippen molar-refractivity contribution >= 4 is 35.4 Å². The average Bonchev–Trinajstić information content (AvgIpc) is 2.86. The molecule has 0 aliphatic rings. The molecule has 0 saturated carbocycles. The lowest BCUT2D eigenvalue weighted by Crippen LogP contribution is -2.23. The maximum atomic E-state index is 12.7. The summed E-state index contributed by atoms with van der Waals surface area (Å²) < 4.78 is 15.5. The second-order valence-corrected chi connectivity index (χ2v) is 9.72. The Balaban J connectivity index is 2.38. The molecular formula is C16H18N5O2PS. The summed E-state index contributed by atoms with van der Waals surface area (Å²) in [4.78, 5) is 25.9. The standard InChI is InChI=1S/C16H18N5O2PS/c1-5-9-20-15(22)11-10-17-16(25-4)19-14(11)21(20)12-7-6-8-13(18-12)24(2,3)23/h5-8,10H,1,9H2,2-4H3. The van der Waals surface area contributed by atoms with Crippen LogP contribution >= 0.6 is 18.9 Å². The van der Waals surface area contributed by atoms with Crippen LogP contribution in [-0.4, -0.2) is 43.9 Å². The molecule has 0 aliphatic heterocycles. The number of hydrogen-bond donors (Lipinski definition) is 0. The van der Waals surface area contributed by atoms with E-state index in [2.05, 4.69) is 21.5 Å². The average molecular weight is 375 g/mol. The normalized spacial score (nSPS) is 11.8. The third-order valence-corrected chi connectivity index (χ3v) is 5.54. The van der Waals surface area contributed by atoms with Crippen molar-refractivity contribution in [1.82, 2.24) is 24.3 Å². The number of rotatable bonds is 5. The Labute approximate surface area is 149 Å². The van der Waals surface area contributed by atoms with Gasteiger partial charge in [-0.25, -0.2) is 24.3 Å². The number of pyridine rings is 1. The van der Waals surface area contributed by atoms with Gasteiger partial charge in [-0.15, -0.1) is 6.58 Å². The van der Waals surface area contributed by atoms with Crippen LogP contribution in [0.1, 0.15) is 0 Å². The van der Waals surface area contributed by atoms with E-state index in [-0.39, 0.29) is 5.56 Å². The molecule has 130 valence electrons. The van der Waals surface area contributed by atoms with Gasteiger partial charge in [-0.2, -0.15) is 0 Å². The predicted molar refractivity (Wildman–Crippen MR) is 102 cm³/mol. The van der Waals surface area contributed by atoms with Crippen LogP contribution in [-0.2, 0) is 11.1 Å². The van der Waals surface area contributed by atoms with Crippen LogP contribution < -0.4 is 11.0 Å². The van der Waals surface area contributed by atoms with E-state index in [4.69, 9.17) is 0 Å². The lowest BCUT2D eigenvalue weighted by atomic mass is 10.4. The topological polar surface area (TPSA) is 82.7 Å². The van der Waals surface area contributed by atoms with Gasteiger partial charge >= 0.3 is 0 Å². The Morgan fingerprint density at radius 2 is 2.08 bits per heavy atom. The predicted octanol–water partition coefficient (Wildman–Crippen LogP) is 2.13. The molecule has 0 aliphatic carbocycles. The lowest BCUT2D eigenvalue weighted by Gasteiger charge is -2.12. The highest BCUT2D eigenvalue weighted by molar-refractivity contribution is 7.98. The smallest absolute Gasteiger partial charge is 0.278 e. The maximum absolute atomic E-state index is 12.7. The number of thioether (sulfide) groups is 1. The first-order valence-corrected chi connectivity index (χ1v) is 11.4. The summed E-state index contributed by atoms with van der Waals surface area (Å²) in [5.41, 5.74) is 0.757. The largest absolute Gasteiger partial charge is 0.318 e. The van der Waals surface area contributed by atoms with Crippen molar-refractivity contribution < 1.29 is 4.57 Å². The van der Waals surface area contributed by atoms with Gasteiger partial charge in [0.15, 0.2) is 16.6 Å². The molecule has 0 spiro atoms. The first-order chi connectivity index (χ1) is 11.9. The SMILES string of the molecule is C=CCn1c(=O)c2cnc(SC)nc2n1-c1cccc(P(C)(C)=O)n1. The first kappa shape index (κ1) is 17.6. The van der Waals surface area contributed by atoms with Crippen molar-refractivity contribution in [2.75, 3.05) is 19.6 Å². The van der Waals surface area contributed by atoms with Crippen molar-refractivity contribution in [2.45, 2.75) is 11.7 Å². The Hall–Kier alpha value is -2.18. The van der Waals surface area contributed by atoms with Crippen molar-refractivity contribution in [1.29, 1.82) is 0 Å². The zero-order valence-corrected chi connectivity index (χ0v) is 15.9. The minimum Gasteiger partial charge on any atom is -0.318 e. The highest BCUT2D eigenvalue weighted by atomic mass is 32.2.